The van der Waals surface area contributed by atoms with E-state index in [4.69, 9.17) is 21.1 Å². The quantitative estimate of drug-likeness (QED) is 0.816. The summed E-state index contributed by atoms with van der Waals surface area (Å²) in [5, 5.41) is -0.219. The summed E-state index contributed by atoms with van der Waals surface area (Å²) in [5.74, 6) is 1.28. The van der Waals surface area contributed by atoms with E-state index in [9.17, 15) is 0 Å². The molecule has 1 fully saturated rings. The normalized spacial score (nSPS) is 19.6. The lowest BCUT2D eigenvalue weighted by Gasteiger charge is -2.36. The van der Waals surface area contributed by atoms with Crippen molar-refractivity contribution in [1.29, 1.82) is 0 Å². The van der Waals surface area contributed by atoms with Crippen molar-refractivity contribution < 1.29 is 9.47 Å². The summed E-state index contributed by atoms with van der Waals surface area (Å²) in [6, 6.07) is 0. The first kappa shape index (κ1) is 14.5. The Morgan fingerprint density at radius 2 is 2.10 bits per heavy atom. The highest BCUT2D eigenvalue weighted by Crippen LogP contribution is 2.37. The molecular weight excluding hydrogens is 292 g/mol. The molecule has 114 valence electrons. The van der Waals surface area contributed by atoms with Gasteiger partial charge in [-0.05, 0) is 26.7 Å². The maximum absolute atomic E-state index is 6.35. The maximum Gasteiger partial charge on any atom is 0.245 e. The Morgan fingerprint density at radius 1 is 1.38 bits per heavy atom. The van der Waals surface area contributed by atoms with Crippen molar-refractivity contribution in [3.05, 3.63) is 12.2 Å². The van der Waals surface area contributed by atoms with Crippen LogP contribution in [0.15, 0.2) is 6.33 Å². The largest absolute Gasteiger partial charge is 0.479 e. The molecule has 3 rings (SSSR count). The lowest BCUT2D eigenvalue weighted by Crippen LogP contribution is -2.38. The van der Waals surface area contributed by atoms with Crippen LogP contribution in [0, 0.1) is 0 Å². The fourth-order valence-corrected chi connectivity index (χ4v) is 3.02. The molecule has 1 aliphatic rings. The van der Waals surface area contributed by atoms with Gasteiger partial charge in [0, 0.05) is 18.8 Å². The number of hydrogen-bond acceptors (Lipinski definition) is 5. The van der Waals surface area contributed by atoms with E-state index in [0.717, 1.165) is 37.5 Å². The highest BCUT2D eigenvalue weighted by molar-refractivity contribution is 6.20. The zero-order valence-corrected chi connectivity index (χ0v) is 13.2. The average molecular weight is 311 g/mol. The maximum atomic E-state index is 6.35. The number of imidazole rings is 1. The van der Waals surface area contributed by atoms with Crippen molar-refractivity contribution in [3.63, 3.8) is 0 Å². The van der Waals surface area contributed by atoms with Gasteiger partial charge in [0.15, 0.2) is 11.2 Å². The summed E-state index contributed by atoms with van der Waals surface area (Å²) in [4.78, 5) is 13.2. The van der Waals surface area contributed by atoms with Crippen LogP contribution in [0.25, 0.3) is 11.2 Å². The molecule has 6 nitrogen and oxygen atoms in total. The number of methoxy groups -OCH3 is 1. The summed E-state index contributed by atoms with van der Waals surface area (Å²) in [6.45, 7) is 5.58. The molecule has 0 spiro atoms. The molecule has 1 atom stereocenters. The zero-order chi connectivity index (χ0) is 15.0. The standard InChI is InChI=1S/C14H19ClN4O2/c1-9(15)11-18-10-12(16-8-17-13(10)20-3)19(11)14(2)4-6-21-7-5-14/h8-9H,4-7H2,1-3H3. The van der Waals surface area contributed by atoms with E-state index in [1.807, 2.05) is 6.92 Å². The molecule has 1 saturated heterocycles. The summed E-state index contributed by atoms with van der Waals surface area (Å²) in [5.41, 5.74) is 1.33. The van der Waals surface area contributed by atoms with Crippen molar-refractivity contribution >= 4 is 22.8 Å². The molecular formula is C14H19ClN4O2. The van der Waals surface area contributed by atoms with E-state index < -0.39 is 0 Å². The first-order valence-electron chi connectivity index (χ1n) is 7.06. The number of alkyl halides is 1. The van der Waals surface area contributed by atoms with E-state index >= 15 is 0 Å². The highest BCUT2D eigenvalue weighted by atomic mass is 35.5. The van der Waals surface area contributed by atoms with Gasteiger partial charge >= 0.3 is 0 Å². The predicted octanol–water partition coefficient (Wildman–Crippen LogP) is 2.66. The zero-order valence-electron chi connectivity index (χ0n) is 12.5. The van der Waals surface area contributed by atoms with Crippen LogP contribution in [0.5, 0.6) is 5.88 Å². The molecule has 2 aromatic heterocycles. The molecule has 0 N–H and O–H groups in total. The number of fused-ring (bicyclic) bond motifs is 1. The van der Waals surface area contributed by atoms with Crippen LogP contribution >= 0.6 is 11.6 Å². The predicted molar refractivity (Wildman–Crippen MR) is 79.8 cm³/mol. The number of aromatic nitrogens is 4. The van der Waals surface area contributed by atoms with Gasteiger partial charge < -0.3 is 14.0 Å². The minimum atomic E-state index is -0.219. The van der Waals surface area contributed by atoms with Gasteiger partial charge in [-0.3, -0.25) is 0 Å². The van der Waals surface area contributed by atoms with Gasteiger partial charge in [-0.1, -0.05) is 0 Å². The van der Waals surface area contributed by atoms with Gasteiger partial charge in [0.25, 0.3) is 0 Å². The second kappa shape index (κ2) is 5.42. The van der Waals surface area contributed by atoms with Crippen LogP contribution < -0.4 is 4.74 Å². The molecule has 1 aliphatic heterocycles. The van der Waals surface area contributed by atoms with Gasteiger partial charge in [-0.25, -0.2) is 9.97 Å². The molecule has 0 amide bonds. The van der Waals surface area contributed by atoms with Crippen molar-refractivity contribution in [2.24, 2.45) is 0 Å². The van der Waals surface area contributed by atoms with Gasteiger partial charge in [-0.15, -0.1) is 11.6 Å². The molecule has 0 bridgehead atoms. The van der Waals surface area contributed by atoms with Gasteiger partial charge in [0.1, 0.15) is 12.2 Å². The van der Waals surface area contributed by atoms with Gasteiger partial charge in [-0.2, -0.15) is 4.98 Å². The lowest BCUT2D eigenvalue weighted by atomic mass is 9.92. The Morgan fingerprint density at radius 3 is 2.71 bits per heavy atom. The third kappa shape index (κ3) is 2.36. The van der Waals surface area contributed by atoms with E-state index in [-0.39, 0.29) is 10.9 Å². The SMILES string of the molecule is COc1ncnc2c1nc(C(C)Cl)n2C1(C)CCOCC1. The average Bonchev–Trinajstić information content (AvgIpc) is 2.88. The third-order valence-electron chi connectivity index (χ3n) is 4.10. The van der Waals surface area contributed by atoms with Crippen LogP contribution in [-0.2, 0) is 10.3 Å². The molecule has 7 heteroatoms. The molecule has 0 radical (unpaired) electrons. The summed E-state index contributed by atoms with van der Waals surface area (Å²) >= 11 is 6.35. The van der Waals surface area contributed by atoms with Crippen LogP contribution in [0.1, 0.15) is 37.9 Å². The number of hydrogen-bond donors (Lipinski definition) is 0. The van der Waals surface area contributed by atoms with Gasteiger partial charge in [0.2, 0.25) is 5.88 Å². The fraction of sp³-hybridized carbons (Fsp3) is 0.643. The minimum Gasteiger partial charge on any atom is -0.479 e. The van der Waals surface area contributed by atoms with Crippen LogP contribution in [-0.4, -0.2) is 39.8 Å². The Hall–Kier alpha value is -1.40. The van der Waals surface area contributed by atoms with Gasteiger partial charge in [0.05, 0.1) is 12.5 Å². The Labute approximate surface area is 128 Å². The summed E-state index contributed by atoms with van der Waals surface area (Å²) in [7, 11) is 1.58. The van der Waals surface area contributed by atoms with Crippen molar-refractivity contribution in [2.45, 2.75) is 37.6 Å². The summed E-state index contributed by atoms with van der Waals surface area (Å²) < 4.78 is 12.9. The van der Waals surface area contributed by atoms with E-state index in [1.54, 1.807) is 7.11 Å². The molecule has 21 heavy (non-hydrogen) atoms. The van der Waals surface area contributed by atoms with E-state index in [1.165, 1.54) is 6.33 Å². The summed E-state index contributed by atoms with van der Waals surface area (Å²) in [6.07, 6.45) is 3.31. The highest BCUT2D eigenvalue weighted by Gasteiger charge is 2.35. The van der Waals surface area contributed by atoms with E-state index in [0.29, 0.717) is 11.4 Å². The molecule has 2 aromatic rings. The Balaban J connectivity index is 2.26. The Kier molecular flexibility index (Phi) is 3.75. The minimum absolute atomic E-state index is 0.106. The van der Waals surface area contributed by atoms with Crippen molar-refractivity contribution in [3.8, 4) is 5.88 Å². The third-order valence-corrected chi connectivity index (χ3v) is 4.29. The van der Waals surface area contributed by atoms with E-state index in [2.05, 4.69) is 26.4 Å². The molecule has 0 saturated carbocycles. The molecule has 3 heterocycles. The number of nitrogens with zero attached hydrogens (tertiary/aromatic N) is 4. The van der Waals surface area contributed by atoms with Crippen LogP contribution in [0.3, 0.4) is 0 Å². The second-order valence-corrected chi connectivity index (χ2v) is 6.24. The molecule has 1 unspecified atom stereocenters. The second-order valence-electron chi connectivity index (χ2n) is 5.59. The monoisotopic (exact) mass is 310 g/mol. The number of ether oxygens (including phenoxy) is 2. The topological polar surface area (TPSA) is 62.1 Å². The van der Waals surface area contributed by atoms with Crippen LogP contribution in [0.2, 0.25) is 0 Å². The van der Waals surface area contributed by atoms with Crippen molar-refractivity contribution in [2.75, 3.05) is 20.3 Å². The van der Waals surface area contributed by atoms with Crippen LogP contribution in [0.4, 0.5) is 0 Å². The van der Waals surface area contributed by atoms with Crippen molar-refractivity contribution in [1.82, 2.24) is 19.5 Å². The number of halogens is 1. The molecule has 0 aliphatic carbocycles. The lowest BCUT2D eigenvalue weighted by molar-refractivity contribution is 0.0298. The first-order chi connectivity index (χ1) is 10.1. The first-order valence-corrected chi connectivity index (χ1v) is 7.50. The number of rotatable bonds is 3. The molecule has 0 aromatic carbocycles. The Bertz CT molecular complexity index is 650. The fourth-order valence-electron chi connectivity index (χ4n) is 2.87. The smallest absolute Gasteiger partial charge is 0.245 e.